The van der Waals surface area contributed by atoms with E-state index in [0.717, 1.165) is 0 Å². The van der Waals surface area contributed by atoms with Crippen molar-refractivity contribution in [3.8, 4) is 0 Å². The monoisotopic (exact) mass is 275 g/mol. The van der Waals surface area contributed by atoms with Crippen molar-refractivity contribution in [2.45, 2.75) is 6.92 Å². The molecule has 0 aliphatic carbocycles. The minimum atomic E-state index is -0.507. The van der Waals surface area contributed by atoms with Crippen LogP contribution in [-0.4, -0.2) is 25.0 Å². The number of hydrogen-bond donors (Lipinski definition) is 1. The lowest BCUT2D eigenvalue weighted by atomic mass is 10.0. The molecule has 0 spiro atoms. The molecule has 0 bridgehead atoms. The summed E-state index contributed by atoms with van der Waals surface area (Å²) in [7, 11) is 0. The predicted molar refractivity (Wildman–Crippen MR) is 72.9 cm³/mol. The molecule has 1 N–H and O–H groups in total. The molecule has 0 saturated carbocycles. The van der Waals surface area contributed by atoms with Gasteiger partial charge in [-0.3, -0.25) is 9.59 Å². The van der Waals surface area contributed by atoms with Crippen LogP contribution in [0.3, 0.4) is 0 Å². The Morgan fingerprint density at radius 2 is 1.85 bits per heavy atom. The minimum Gasteiger partial charge on any atom is -0.465 e. The molecule has 0 heterocycles. The lowest BCUT2D eigenvalue weighted by Crippen LogP contribution is -2.30. The lowest BCUT2D eigenvalue weighted by molar-refractivity contribution is -0.141. The Hall–Kier alpha value is -2.43. The number of amides is 1. The van der Waals surface area contributed by atoms with Gasteiger partial charge in [0.05, 0.1) is 6.61 Å². The molecular formula is C15H14FNO3. The van der Waals surface area contributed by atoms with Crippen LogP contribution in [0.25, 0.3) is 10.8 Å². The smallest absolute Gasteiger partial charge is 0.325 e. The highest BCUT2D eigenvalue weighted by atomic mass is 19.1. The minimum absolute atomic E-state index is 0.210. The molecule has 0 saturated heterocycles. The molecule has 0 atom stereocenters. The molecule has 2 aromatic rings. The number of nitrogens with one attached hydrogen (secondary N) is 1. The van der Waals surface area contributed by atoms with Crippen LogP contribution in [0.5, 0.6) is 0 Å². The zero-order valence-electron chi connectivity index (χ0n) is 11.0. The first-order valence-corrected chi connectivity index (χ1v) is 6.24. The number of halogens is 1. The van der Waals surface area contributed by atoms with Crippen LogP contribution in [0.2, 0.25) is 0 Å². The average Bonchev–Trinajstić information content (AvgIpc) is 2.46. The fourth-order valence-electron chi connectivity index (χ4n) is 1.92. The van der Waals surface area contributed by atoms with E-state index < -0.39 is 11.9 Å². The molecule has 0 aromatic heterocycles. The van der Waals surface area contributed by atoms with Gasteiger partial charge in [-0.25, -0.2) is 4.39 Å². The highest BCUT2D eigenvalue weighted by Gasteiger charge is 2.13. The Morgan fingerprint density at radius 1 is 1.15 bits per heavy atom. The first kappa shape index (κ1) is 14.0. The third-order valence-corrected chi connectivity index (χ3v) is 2.81. The van der Waals surface area contributed by atoms with Gasteiger partial charge in [-0.2, -0.15) is 0 Å². The summed E-state index contributed by atoms with van der Waals surface area (Å²) in [6.45, 7) is 1.74. The Bertz CT molecular complexity index is 655. The van der Waals surface area contributed by atoms with E-state index in [4.69, 9.17) is 4.74 Å². The van der Waals surface area contributed by atoms with Crippen LogP contribution in [0.4, 0.5) is 4.39 Å². The largest absolute Gasteiger partial charge is 0.465 e. The standard InChI is InChI=1S/C15H14FNO3/c1-2-20-14(18)9-17-15(19)12-7-8-13(16)11-6-4-3-5-10(11)12/h3-8H,2,9H2,1H3,(H,17,19). The van der Waals surface area contributed by atoms with Crippen LogP contribution >= 0.6 is 0 Å². The van der Waals surface area contributed by atoms with Crippen LogP contribution in [0.15, 0.2) is 36.4 Å². The molecule has 1 amide bonds. The summed E-state index contributed by atoms with van der Waals surface area (Å²) in [4.78, 5) is 23.2. The first-order chi connectivity index (χ1) is 9.63. The predicted octanol–water partition coefficient (Wildman–Crippen LogP) is 2.27. The molecule has 2 rings (SSSR count). The van der Waals surface area contributed by atoms with Gasteiger partial charge in [-0.05, 0) is 24.4 Å². The number of carbonyl (C=O) groups is 2. The summed E-state index contributed by atoms with van der Waals surface area (Å²) in [5.41, 5.74) is 0.325. The Morgan fingerprint density at radius 3 is 2.55 bits per heavy atom. The van der Waals surface area contributed by atoms with Crippen molar-refractivity contribution < 1.29 is 18.7 Å². The number of rotatable bonds is 4. The number of carbonyl (C=O) groups excluding carboxylic acids is 2. The maximum Gasteiger partial charge on any atom is 0.325 e. The molecule has 104 valence electrons. The molecule has 0 fully saturated rings. The van der Waals surface area contributed by atoms with E-state index in [1.807, 2.05) is 0 Å². The molecule has 20 heavy (non-hydrogen) atoms. The van der Waals surface area contributed by atoms with E-state index in [0.29, 0.717) is 16.3 Å². The van der Waals surface area contributed by atoms with Crippen molar-refractivity contribution in [1.29, 1.82) is 0 Å². The Labute approximate surface area is 115 Å². The van der Waals surface area contributed by atoms with Gasteiger partial charge in [-0.15, -0.1) is 0 Å². The van der Waals surface area contributed by atoms with E-state index in [-0.39, 0.29) is 19.0 Å². The molecule has 5 heteroatoms. The van der Waals surface area contributed by atoms with Gasteiger partial charge in [0, 0.05) is 10.9 Å². The first-order valence-electron chi connectivity index (χ1n) is 6.24. The van der Waals surface area contributed by atoms with Gasteiger partial charge in [0.1, 0.15) is 12.4 Å². The zero-order chi connectivity index (χ0) is 14.5. The quantitative estimate of drug-likeness (QED) is 0.871. The van der Waals surface area contributed by atoms with Gasteiger partial charge in [0.2, 0.25) is 0 Å². The molecule has 4 nitrogen and oxygen atoms in total. The van der Waals surface area contributed by atoms with Gasteiger partial charge < -0.3 is 10.1 Å². The topological polar surface area (TPSA) is 55.4 Å². The summed E-state index contributed by atoms with van der Waals surface area (Å²) in [5.74, 6) is -1.33. The van der Waals surface area contributed by atoms with E-state index in [1.54, 1.807) is 31.2 Å². The van der Waals surface area contributed by atoms with Crippen molar-refractivity contribution in [3.05, 3.63) is 47.8 Å². The molecular weight excluding hydrogens is 261 g/mol. The van der Waals surface area contributed by atoms with Crippen LogP contribution in [0, 0.1) is 5.82 Å². The summed E-state index contributed by atoms with van der Waals surface area (Å²) >= 11 is 0. The van der Waals surface area contributed by atoms with E-state index in [2.05, 4.69) is 5.32 Å². The van der Waals surface area contributed by atoms with E-state index >= 15 is 0 Å². The van der Waals surface area contributed by atoms with Gasteiger partial charge in [0.15, 0.2) is 0 Å². The van der Waals surface area contributed by atoms with Crippen LogP contribution < -0.4 is 5.32 Å². The number of benzene rings is 2. The second-order valence-electron chi connectivity index (χ2n) is 4.13. The van der Waals surface area contributed by atoms with Crippen LogP contribution in [-0.2, 0) is 9.53 Å². The fraction of sp³-hybridized carbons (Fsp3) is 0.200. The fourth-order valence-corrected chi connectivity index (χ4v) is 1.92. The third kappa shape index (κ3) is 2.93. The summed E-state index contributed by atoms with van der Waals surface area (Å²) in [6, 6.07) is 9.33. The molecule has 0 aliphatic heterocycles. The average molecular weight is 275 g/mol. The van der Waals surface area contributed by atoms with E-state index in [1.165, 1.54) is 12.1 Å². The number of ether oxygens (including phenoxy) is 1. The zero-order valence-corrected chi connectivity index (χ0v) is 11.0. The SMILES string of the molecule is CCOC(=O)CNC(=O)c1ccc(F)c2ccccc12. The maximum absolute atomic E-state index is 13.6. The number of hydrogen-bond acceptors (Lipinski definition) is 3. The summed E-state index contributed by atoms with van der Waals surface area (Å²) in [6.07, 6.45) is 0. The highest BCUT2D eigenvalue weighted by molar-refractivity contribution is 6.07. The van der Waals surface area contributed by atoms with Gasteiger partial charge in [-0.1, -0.05) is 24.3 Å². The molecule has 0 unspecified atom stereocenters. The summed E-state index contributed by atoms with van der Waals surface area (Å²) < 4.78 is 18.4. The van der Waals surface area contributed by atoms with E-state index in [9.17, 15) is 14.0 Å². The van der Waals surface area contributed by atoms with Crippen molar-refractivity contribution >= 4 is 22.6 Å². The van der Waals surface area contributed by atoms with Gasteiger partial charge >= 0.3 is 5.97 Å². The lowest BCUT2D eigenvalue weighted by Gasteiger charge is -2.08. The molecule has 2 aromatic carbocycles. The number of fused-ring (bicyclic) bond motifs is 1. The van der Waals surface area contributed by atoms with Gasteiger partial charge in [0.25, 0.3) is 5.91 Å². The third-order valence-electron chi connectivity index (χ3n) is 2.81. The second-order valence-corrected chi connectivity index (χ2v) is 4.13. The van der Waals surface area contributed by atoms with Crippen LogP contribution in [0.1, 0.15) is 17.3 Å². The van der Waals surface area contributed by atoms with Crippen molar-refractivity contribution in [3.63, 3.8) is 0 Å². The molecule has 0 aliphatic rings. The Balaban J connectivity index is 2.23. The second kappa shape index (κ2) is 6.14. The van der Waals surface area contributed by atoms with Crippen molar-refractivity contribution in [2.75, 3.05) is 13.2 Å². The summed E-state index contributed by atoms with van der Waals surface area (Å²) in [5, 5.41) is 3.34. The van der Waals surface area contributed by atoms with Crippen molar-refractivity contribution in [2.24, 2.45) is 0 Å². The highest BCUT2D eigenvalue weighted by Crippen LogP contribution is 2.21. The number of esters is 1. The Kier molecular flexibility index (Phi) is 4.30. The van der Waals surface area contributed by atoms with Crippen molar-refractivity contribution in [1.82, 2.24) is 5.32 Å². The normalized spacial score (nSPS) is 10.3. The molecule has 0 radical (unpaired) electrons. The maximum atomic E-state index is 13.6.